The van der Waals surface area contributed by atoms with Gasteiger partial charge in [-0.1, -0.05) is 53.1 Å². The third-order valence-corrected chi connectivity index (χ3v) is 13.9. The molecule has 266 valence electrons. The minimum absolute atomic E-state index is 0.224. The first-order valence-electron chi connectivity index (χ1n) is 17.8. The number of hydrogen-bond donors (Lipinski definition) is 0. The van der Waals surface area contributed by atoms with Crippen LogP contribution in [-0.4, -0.2) is 61.1 Å². The van der Waals surface area contributed by atoms with Crippen molar-refractivity contribution in [1.82, 2.24) is 18.4 Å². The highest BCUT2D eigenvalue weighted by Gasteiger charge is 2.30. The fraction of sp³-hybridized carbons (Fsp3) is 0.450. The molecule has 8 nitrogen and oxygen atoms in total. The third kappa shape index (κ3) is 6.36. The maximum Gasteiger partial charge on any atom is 0.340 e. The summed E-state index contributed by atoms with van der Waals surface area (Å²) in [4.78, 5) is 36.7. The first-order valence-corrected chi connectivity index (χ1v) is 24.7. The summed E-state index contributed by atoms with van der Waals surface area (Å²) in [5.41, 5.74) is 16.0. The molecule has 0 unspecified atom stereocenters. The zero-order valence-electron chi connectivity index (χ0n) is 32.6. The van der Waals surface area contributed by atoms with Crippen LogP contribution in [0.3, 0.4) is 0 Å². The molecule has 0 amide bonds. The summed E-state index contributed by atoms with van der Waals surface area (Å²) in [5, 5.41) is 0. The number of esters is 2. The molecule has 50 heavy (non-hydrogen) atoms. The summed E-state index contributed by atoms with van der Waals surface area (Å²) >= 11 is 0. The Hall–Kier alpha value is -4.03. The molecule has 8 bridgehead atoms. The van der Waals surface area contributed by atoms with Gasteiger partial charge in [-0.15, -0.1) is 0 Å². The number of hydrogen-bond acceptors (Lipinski definition) is 6. The first kappa shape index (κ1) is 37.2. The molecule has 0 radical (unpaired) electrons. The molecule has 2 aliphatic rings. The maximum atomic E-state index is 13.8. The molecule has 3 aromatic heterocycles. The monoisotopic (exact) mass is 710 g/mol. The van der Waals surface area contributed by atoms with Gasteiger partial charge in [-0.25, -0.2) is 14.8 Å². The summed E-state index contributed by atoms with van der Waals surface area (Å²) in [5.74, 6) is -0.649. The molecule has 2 aliphatic heterocycles. The predicted octanol–water partition coefficient (Wildman–Crippen LogP) is 9.82. The van der Waals surface area contributed by atoms with Crippen molar-refractivity contribution in [3.63, 3.8) is 0 Å². The first-order chi connectivity index (χ1) is 23.4. The molecule has 0 aliphatic carbocycles. The highest BCUT2D eigenvalue weighted by molar-refractivity contribution is 6.76. The van der Waals surface area contributed by atoms with Crippen LogP contribution in [0.4, 0.5) is 0 Å². The summed E-state index contributed by atoms with van der Waals surface area (Å²) in [6.45, 7) is 27.0. The Labute approximate surface area is 299 Å². The average Bonchev–Trinajstić information content (AvgIpc) is 3.69. The van der Waals surface area contributed by atoms with Crippen LogP contribution in [0.5, 0.6) is 0 Å². The van der Waals surface area contributed by atoms with Crippen LogP contribution in [-0.2, 0) is 20.7 Å². The van der Waals surface area contributed by atoms with Crippen molar-refractivity contribution in [3.05, 3.63) is 69.3 Å². The van der Waals surface area contributed by atoms with Gasteiger partial charge in [0.1, 0.15) is 0 Å². The molecule has 0 fully saturated rings. The number of rotatable bonds is 8. The van der Waals surface area contributed by atoms with E-state index in [0.29, 0.717) is 12.0 Å². The average molecular weight is 711 g/mol. The number of ether oxygens (including phenoxy) is 2. The van der Waals surface area contributed by atoms with Gasteiger partial charge >= 0.3 is 11.9 Å². The Morgan fingerprint density at radius 1 is 0.640 bits per heavy atom. The van der Waals surface area contributed by atoms with Crippen molar-refractivity contribution in [2.75, 3.05) is 14.2 Å². The Balaban J connectivity index is 2.16. The van der Waals surface area contributed by atoms with E-state index in [1.165, 1.54) is 42.0 Å². The van der Waals surface area contributed by atoms with Gasteiger partial charge in [-0.2, -0.15) is 0 Å². The van der Waals surface area contributed by atoms with E-state index in [2.05, 4.69) is 107 Å². The number of methoxy groups -OCH3 is 2. The third-order valence-electron chi connectivity index (χ3n) is 10.2. The Morgan fingerprint density at radius 2 is 1.16 bits per heavy atom. The van der Waals surface area contributed by atoms with Gasteiger partial charge in [-0.05, 0) is 110 Å². The predicted molar refractivity (Wildman–Crippen MR) is 212 cm³/mol. The Kier molecular flexibility index (Phi) is 10.1. The zero-order chi connectivity index (χ0) is 37.0. The van der Waals surface area contributed by atoms with E-state index in [-0.39, 0.29) is 18.4 Å². The van der Waals surface area contributed by atoms with Crippen LogP contribution in [0, 0.1) is 13.8 Å². The van der Waals surface area contributed by atoms with Crippen molar-refractivity contribution < 1.29 is 19.1 Å². The number of carbonyl (C=O) groups excluding carboxylic acids is 2. The van der Waals surface area contributed by atoms with Gasteiger partial charge < -0.3 is 17.9 Å². The number of aryl methyl sites for hydroxylation is 3. The molecular formula is C40H54N4O4Si2. The smallest absolute Gasteiger partial charge is 0.340 e. The number of allylic oxidation sites excluding steroid dienone is 4. The number of nitrogens with zero attached hydrogens (tertiary/aromatic N) is 4. The molecule has 0 aromatic carbocycles. The minimum Gasteiger partial charge on any atom is -0.469 e. The Morgan fingerprint density at radius 3 is 1.68 bits per heavy atom. The standard InChI is InChI=1S/C40H54N4O4Si2/c1-15-27-23(3)30-19-31-24(4)29(17-18-38(45)47-7)33(42-31)21-37-39(40(46)48-8)26(6)35(44(37)50(12,13)14)22-36-28(16-2)25(5)34(20-32(27)41-30)43(36)49(9,10)11/h19-22H,15-18H2,1-14H3. The Bertz CT molecular complexity index is 2150. The molecule has 10 heteroatoms. The van der Waals surface area contributed by atoms with Crippen LogP contribution >= 0.6 is 0 Å². The topological polar surface area (TPSA) is 88.2 Å². The summed E-state index contributed by atoms with van der Waals surface area (Å²) in [7, 11) is -1.37. The molecule has 5 heterocycles. The molecule has 0 spiro atoms. The van der Waals surface area contributed by atoms with Crippen LogP contribution in [0.2, 0.25) is 39.3 Å². The van der Waals surface area contributed by atoms with Crippen LogP contribution in [0.25, 0.3) is 44.4 Å². The van der Waals surface area contributed by atoms with Gasteiger partial charge in [0.15, 0.2) is 16.5 Å². The lowest BCUT2D eigenvalue weighted by atomic mass is 10.00. The number of aromatic nitrogens is 4. The molecule has 0 atom stereocenters. The second kappa shape index (κ2) is 13.6. The van der Waals surface area contributed by atoms with E-state index < -0.39 is 16.5 Å². The van der Waals surface area contributed by atoms with Gasteiger partial charge in [-0.3, -0.25) is 4.79 Å². The van der Waals surface area contributed by atoms with Gasteiger partial charge in [0.25, 0.3) is 0 Å². The molecule has 3 aromatic rings. The normalized spacial score (nSPS) is 13.7. The maximum absolute atomic E-state index is 13.8. The summed E-state index contributed by atoms with van der Waals surface area (Å²) in [6.07, 6.45) is 2.43. The van der Waals surface area contributed by atoms with Crippen molar-refractivity contribution in [2.45, 2.75) is 107 Å². The molecule has 0 saturated carbocycles. The molecule has 0 saturated heterocycles. The number of carbonyl (C=O) groups is 2. The summed E-state index contributed by atoms with van der Waals surface area (Å²) in [6, 6.07) is 8.78. The fourth-order valence-corrected chi connectivity index (χ4v) is 11.5. The second-order valence-electron chi connectivity index (χ2n) is 15.5. The van der Waals surface area contributed by atoms with Crippen molar-refractivity contribution in [1.29, 1.82) is 0 Å². The van der Waals surface area contributed by atoms with Gasteiger partial charge in [0.2, 0.25) is 0 Å². The van der Waals surface area contributed by atoms with Crippen LogP contribution < -0.4 is 0 Å². The highest BCUT2D eigenvalue weighted by Crippen LogP contribution is 2.39. The number of fused-ring (bicyclic) bond motifs is 8. The molecule has 0 N–H and O–H groups in total. The fourth-order valence-electron chi connectivity index (χ4n) is 7.78. The van der Waals surface area contributed by atoms with Crippen molar-refractivity contribution in [3.8, 4) is 0 Å². The van der Waals surface area contributed by atoms with Crippen molar-refractivity contribution >= 4 is 72.8 Å². The lowest BCUT2D eigenvalue weighted by Crippen LogP contribution is -2.32. The van der Waals surface area contributed by atoms with Crippen LogP contribution in [0.1, 0.15) is 96.8 Å². The largest absolute Gasteiger partial charge is 0.469 e. The zero-order valence-corrected chi connectivity index (χ0v) is 34.6. The van der Waals surface area contributed by atoms with E-state index in [9.17, 15) is 9.59 Å². The van der Waals surface area contributed by atoms with E-state index in [1.807, 2.05) is 6.92 Å². The van der Waals surface area contributed by atoms with Gasteiger partial charge in [0.05, 0.1) is 48.1 Å². The molecule has 5 rings (SSSR count). The summed E-state index contributed by atoms with van der Waals surface area (Å²) < 4.78 is 15.5. The minimum atomic E-state index is -2.21. The lowest BCUT2D eigenvalue weighted by molar-refractivity contribution is -0.140. The lowest BCUT2D eigenvalue weighted by Gasteiger charge is -2.24. The van der Waals surface area contributed by atoms with E-state index in [0.717, 1.165) is 68.9 Å². The van der Waals surface area contributed by atoms with E-state index in [1.54, 1.807) is 0 Å². The SMILES string of the molecule is CCC1=C(C)c2cc3nc(cc4c(C(=O)OC)c(C)c(cc5c(CC)c(C)c(cc1n2)n5[Si](C)(C)C)n4[Si](C)(C)C)C(CCC(=O)OC)=C3C. The quantitative estimate of drug-likeness (QED) is 0.171. The van der Waals surface area contributed by atoms with E-state index >= 15 is 0 Å². The van der Waals surface area contributed by atoms with E-state index in [4.69, 9.17) is 19.4 Å². The van der Waals surface area contributed by atoms with Gasteiger partial charge in [0, 0.05) is 23.0 Å². The highest BCUT2D eigenvalue weighted by atomic mass is 28.3. The van der Waals surface area contributed by atoms with Crippen LogP contribution in [0.15, 0.2) is 24.3 Å². The van der Waals surface area contributed by atoms with Crippen molar-refractivity contribution in [2.24, 2.45) is 0 Å². The second-order valence-corrected chi connectivity index (χ2v) is 25.1. The molecular weight excluding hydrogens is 657 g/mol.